The van der Waals surface area contributed by atoms with Gasteiger partial charge in [0.1, 0.15) is 12.1 Å². The van der Waals surface area contributed by atoms with Crippen LogP contribution in [0.1, 0.15) is 115 Å². The van der Waals surface area contributed by atoms with Crippen molar-refractivity contribution in [2.75, 3.05) is 0 Å². The van der Waals surface area contributed by atoms with Gasteiger partial charge < -0.3 is 31.1 Å². The summed E-state index contributed by atoms with van der Waals surface area (Å²) in [7, 11) is 0. The number of alkyl carbamates (subject to hydrolysis) is 1. The highest BCUT2D eigenvalue weighted by molar-refractivity contribution is 6.30. The molecule has 4 amide bonds. The van der Waals surface area contributed by atoms with Gasteiger partial charge >= 0.3 is 6.09 Å². The molecule has 1 heterocycles. The Balaban J connectivity index is 1.13. The number of aliphatic hydroxyl groups excluding tert-OH is 1. The zero-order chi connectivity index (χ0) is 33.7. The van der Waals surface area contributed by atoms with Crippen molar-refractivity contribution in [3.63, 3.8) is 0 Å². The predicted octanol–water partition coefficient (Wildman–Crippen LogP) is 5.08. The van der Waals surface area contributed by atoms with Crippen molar-refractivity contribution in [1.82, 2.24) is 21.3 Å². The lowest BCUT2D eigenvalue weighted by Crippen LogP contribution is -2.57. The van der Waals surface area contributed by atoms with Gasteiger partial charge in [-0.2, -0.15) is 0 Å². The van der Waals surface area contributed by atoms with Crippen LogP contribution in [0.5, 0.6) is 0 Å². The molecule has 5 aliphatic rings. The van der Waals surface area contributed by atoms with Gasteiger partial charge in [-0.25, -0.2) is 4.79 Å². The molecule has 10 nitrogen and oxygen atoms in total. The first kappa shape index (κ1) is 35.0. The number of nitrogens with one attached hydrogen (secondary N) is 4. The van der Waals surface area contributed by atoms with E-state index in [2.05, 4.69) is 21.3 Å². The Bertz CT molecular complexity index is 1310. The zero-order valence-electron chi connectivity index (χ0n) is 28.0. The van der Waals surface area contributed by atoms with Crippen molar-refractivity contribution in [1.29, 1.82) is 0 Å². The van der Waals surface area contributed by atoms with Crippen LogP contribution in [-0.4, -0.2) is 64.8 Å². The van der Waals surface area contributed by atoms with Crippen LogP contribution in [0.4, 0.5) is 4.79 Å². The van der Waals surface area contributed by atoms with Gasteiger partial charge in [0.25, 0.3) is 5.91 Å². The molecular weight excluding hydrogens is 632 g/mol. The molecule has 5 N–H and O–H groups in total. The summed E-state index contributed by atoms with van der Waals surface area (Å²) in [6.45, 7) is 0. The Morgan fingerprint density at radius 2 is 1.71 bits per heavy atom. The summed E-state index contributed by atoms with van der Waals surface area (Å²) in [5.74, 6) is -1.09. The second kappa shape index (κ2) is 15.8. The zero-order valence-corrected chi connectivity index (χ0v) is 28.8. The Kier molecular flexibility index (Phi) is 11.5. The minimum Gasteiger partial charge on any atom is -0.446 e. The van der Waals surface area contributed by atoms with E-state index in [9.17, 15) is 24.3 Å². The third-order valence-electron chi connectivity index (χ3n) is 11.5. The number of amides is 4. The normalized spacial score (nSPS) is 27.2. The van der Waals surface area contributed by atoms with Gasteiger partial charge in [0, 0.05) is 28.4 Å². The summed E-state index contributed by atoms with van der Waals surface area (Å²) in [5, 5.41) is 23.8. The Labute approximate surface area is 289 Å². The fourth-order valence-corrected chi connectivity index (χ4v) is 8.98. The molecule has 6 atom stereocenters. The van der Waals surface area contributed by atoms with Crippen LogP contribution in [0.2, 0.25) is 5.02 Å². The molecular formula is C37H53ClN4O6. The standard InChI is InChI=1S/C37H53ClN4O6/c38-27-12-6-10-24(19-27)18-25-11-7-13-31(25)48-36(47)41-30(20-23-8-2-1-3-9-23)34(45)40-29(32(43)35(46)39-28-14-15-28)21-26-22-37(42-33(26)44)16-4-5-17-37/h6,10,12,19,23,25-26,28-32,43H,1-5,7-9,11,13-18,20-22H2,(H,39,46)(H,40,45)(H,41,47)(H,42,44)/t25?,26?,29?,30-,31?,32?/m0/s1. The minimum absolute atomic E-state index is 0.0359. The molecule has 5 unspecified atom stereocenters. The Morgan fingerprint density at radius 3 is 2.44 bits per heavy atom. The highest BCUT2D eigenvalue weighted by Gasteiger charge is 2.47. The Hall–Kier alpha value is -2.85. The number of benzene rings is 1. The van der Waals surface area contributed by atoms with Crippen LogP contribution in [0.15, 0.2) is 24.3 Å². The molecule has 4 aliphatic carbocycles. The average Bonchev–Trinajstić information content (AvgIpc) is 3.43. The molecule has 5 fully saturated rings. The van der Waals surface area contributed by atoms with E-state index < -0.39 is 42.0 Å². The molecule has 1 aromatic carbocycles. The maximum absolute atomic E-state index is 14.1. The fraction of sp³-hybridized carbons (Fsp3) is 0.730. The molecule has 0 radical (unpaired) electrons. The number of halogens is 1. The largest absolute Gasteiger partial charge is 0.446 e. The molecule has 1 aromatic rings. The van der Waals surface area contributed by atoms with Gasteiger partial charge in [0.15, 0.2) is 6.10 Å². The second-order valence-electron chi connectivity index (χ2n) is 15.4. The summed E-state index contributed by atoms with van der Waals surface area (Å²) in [4.78, 5) is 53.7. The molecule has 6 rings (SSSR count). The van der Waals surface area contributed by atoms with Crippen LogP contribution in [0.25, 0.3) is 0 Å². The molecule has 11 heteroatoms. The number of carbonyl (C=O) groups is 4. The van der Waals surface area contributed by atoms with Crippen LogP contribution in [0.3, 0.4) is 0 Å². The van der Waals surface area contributed by atoms with Crippen molar-refractivity contribution < 1.29 is 29.0 Å². The summed E-state index contributed by atoms with van der Waals surface area (Å²) in [5.41, 5.74) is 0.875. The number of ether oxygens (including phenoxy) is 1. The highest BCUT2D eigenvalue weighted by Crippen LogP contribution is 2.41. The number of hydrogen-bond acceptors (Lipinski definition) is 6. The van der Waals surface area contributed by atoms with E-state index in [0.717, 1.165) is 102 Å². The number of carbonyl (C=O) groups excluding carboxylic acids is 4. The van der Waals surface area contributed by atoms with Gasteiger partial charge in [0.2, 0.25) is 11.8 Å². The van der Waals surface area contributed by atoms with E-state index in [-0.39, 0.29) is 41.8 Å². The first-order chi connectivity index (χ1) is 23.2. The van der Waals surface area contributed by atoms with Crippen molar-refractivity contribution in [3.05, 3.63) is 34.9 Å². The SMILES string of the molecule is O=C(N[C@@H](CC1CCCCC1)C(=O)NC(CC1CC2(CCCC2)NC1=O)C(O)C(=O)NC1CC1)OC1CCCC1Cc1cccc(Cl)c1. The molecule has 1 spiro atoms. The average molecular weight is 685 g/mol. The summed E-state index contributed by atoms with van der Waals surface area (Å²) in [6, 6.07) is 5.91. The van der Waals surface area contributed by atoms with Gasteiger partial charge in [-0.05, 0) is 94.2 Å². The van der Waals surface area contributed by atoms with Crippen molar-refractivity contribution >= 4 is 35.4 Å². The van der Waals surface area contributed by atoms with E-state index in [1.165, 1.54) is 0 Å². The lowest BCUT2D eigenvalue weighted by atomic mass is 9.84. The first-order valence-corrected chi connectivity index (χ1v) is 18.9. The molecule has 0 bridgehead atoms. The topological polar surface area (TPSA) is 146 Å². The summed E-state index contributed by atoms with van der Waals surface area (Å²) >= 11 is 6.21. The van der Waals surface area contributed by atoms with E-state index in [1.54, 1.807) is 0 Å². The van der Waals surface area contributed by atoms with E-state index in [0.29, 0.717) is 17.9 Å². The maximum atomic E-state index is 14.1. The number of aliphatic hydroxyl groups is 1. The number of rotatable bonds is 13. The summed E-state index contributed by atoms with van der Waals surface area (Å²) < 4.78 is 5.98. The van der Waals surface area contributed by atoms with Crippen LogP contribution >= 0.6 is 11.6 Å². The van der Waals surface area contributed by atoms with Crippen molar-refractivity contribution in [2.24, 2.45) is 17.8 Å². The quantitative estimate of drug-likeness (QED) is 0.196. The molecule has 264 valence electrons. The molecule has 48 heavy (non-hydrogen) atoms. The van der Waals surface area contributed by atoms with Crippen molar-refractivity contribution in [3.8, 4) is 0 Å². The molecule has 1 saturated heterocycles. The fourth-order valence-electron chi connectivity index (χ4n) is 8.76. The first-order valence-electron chi connectivity index (χ1n) is 18.5. The lowest BCUT2D eigenvalue weighted by Gasteiger charge is -2.30. The third-order valence-corrected chi connectivity index (χ3v) is 11.8. The minimum atomic E-state index is -1.52. The monoisotopic (exact) mass is 684 g/mol. The number of hydrogen-bond donors (Lipinski definition) is 5. The molecule has 0 aromatic heterocycles. The smallest absolute Gasteiger partial charge is 0.408 e. The van der Waals surface area contributed by atoms with Crippen molar-refractivity contribution in [2.45, 2.75) is 151 Å². The highest BCUT2D eigenvalue weighted by atomic mass is 35.5. The van der Waals surface area contributed by atoms with Crippen LogP contribution < -0.4 is 21.3 Å². The van der Waals surface area contributed by atoms with E-state index in [1.807, 2.05) is 24.3 Å². The van der Waals surface area contributed by atoms with E-state index >= 15 is 0 Å². The molecule has 1 aliphatic heterocycles. The van der Waals surface area contributed by atoms with Gasteiger partial charge in [-0.1, -0.05) is 68.7 Å². The Morgan fingerprint density at radius 1 is 0.938 bits per heavy atom. The van der Waals surface area contributed by atoms with Gasteiger partial charge in [-0.3, -0.25) is 14.4 Å². The van der Waals surface area contributed by atoms with Crippen LogP contribution in [-0.2, 0) is 25.5 Å². The third kappa shape index (κ3) is 9.23. The lowest BCUT2D eigenvalue weighted by molar-refractivity contribution is -0.134. The van der Waals surface area contributed by atoms with Gasteiger partial charge in [0.05, 0.1) is 6.04 Å². The second-order valence-corrected chi connectivity index (χ2v) is 15.8. The summed E-state index contributed by atoms with van der Waals surface area (Å²) in [6.07, 6.45) is 13.2. The molecule has 4 saturated carbocycles. The van der Waals surface area contributed by atoms with Crippen LogP contribution in [0, 0.1) is 17.8 Å². The predicted molar refractivity (Wildman–Crippen MR) is 182 cm³/mol. The van der Waals surface area contributed by atoms with E-state index in [4.69, 9.17) is 16.3 Å². The van der Waals surface area contributed by atoms with Gasteiger partial charge in [-0.15, -0.1) is 0 Å². The maximum Gasteiger partial charge on any atom is 0.408 e.